The summed E-state index contributed by atoms with van der Waals surface area (Å²) in [6.07, 6.45) is 2.53. The van der Waals surface area contributed by atoms with Crippen LogP contribution in [-0.4, -0.2) is 17.8 Å². The Morgan fingerprint density at radius 1 is 1.09 bits per heavy atom. The molecule has 3 aromatic rings. The Morgan fingerprint density at radius 2 is 1.74 bits per heavy atom. The molecule has 3 rings (SSSR count). The number of benzene rings is 1. The highest BCUT2D eigenvalue weighted by Crippen LogP contribution is 2.26. The van der Waals surface area contributed by atoms with Gasteiger partial charge >= 0.3 is 0 Å². The van der Waals surface area contributed by atoms with Gasteiger partial charge < -0.3 is 4.40 Å². The fourth-order valence-electron chi connectivity index (χ4n) is 3.03. The average Bonchev–Trinajstić information content (AvgIpc) is 2.78. The molecule has 2 heterocycles. The molecule has 0 amide bonds. The van der Waals surface area contributed by atoms with E-state index in [-0.39, 0.29) is 9.92 Å². The molecule has 2 aromatic heterocycles. The van der Waals surface area contributed by atoms with Crippen molar-refractivity contribution < 1.29 is 8.42 Å². The van der Waals surface area contributed by atoms with Crippen molar-refractivity contribution in [2.75, 3.05) is 0 Å². The van der Waals surface area contributed by atoms with Gasteiger partial charge in [0, 0.05) is 11.8 Å². The minimum atomic E-state index is -3.60. The molecule has 0 radical (unpaired) electrons. The third-order valence-electron chi connectivity index (χ3n) is 4.42. The maximum atomic E-state index is 12.8. The van der Waals surface area contributed by atoms with E-state index in [2.05, 4.69) is 11.9 Å². The third kappa shape index (κ3) is 2.45. The molecular formula is C18H20N2O2S. The normalized spacial score (nSPS) is 12.0. The number of fused-ring (bicyclic) bond motifs is 1. The van der Waals surface area contributed by atoms with Crippen molar-refractivity contribution in [3.05, 3.63) is 59.0 Å². The van der Waals surface area contributed by atoms with Gasteiger partial charge in [-0.2, -0.15) is 0 Å². The summed E-state index contributed by atoms with van der Waals surface area (Å²) in [6, 6.07) is 8.53. The lowest BCUT2D eigenvalue weighted by Gasteiger charge is -2.06. The van der Waals surface area contributed by atoms with Crippen molar-refractivity contribution in [1.82, 2.24) is 9.38 Å². The van der Waals surface area contributed by atoms with E-state index in [4.69, 9.17) is 0 Å². The van der Waals surface area contributed by atoms with Gasteiger partial charge in [0.2, 0.25) is 9.84 Å². The highest BCUT2D eigenvalue weighted by molar-refractivity contribution is 7.91. The molecule has 23 heavy (non-hydrogen) atoms. The monoisotopic (exact) mass is 328 g/mol. The molecule has 0 aliphatic heterocycles. The first-order valence-corrected chi connectivity index (χ1v) is 9.12. The van der Waals surface area contributed by atoms with Gasteiger partial charge in [-0.1, -0.05) is 24.6 Å². The van der Waals surface area contributed by atoms with E-state index >= 15 is 0 Å². The molecule has 0 atom stereocenters. The highest BCUT2D eigenvalue weighted by Gasteiger charge is 2.21. The summed E-state index contributed by atoms with van der Waals surface area (Å²) < 4.78 is 27.5. The maximum absolute atomic E-state index is 12.8. The standard InChI is InChI=1S/C18H20N2O2S/c1-5-16-13(3)17-10-18(19-11-20(17)14(16)4)23(21,22)15-8-6-12(2)7-9-15/h6-11H,5H2,1-4H3. The predicted octanol–water partition coefficient (Wildman–Crippen LogP) is 3.65. The van der Waals surface area contributed by atoms with Crippen molar-refractivity contribution in [3.63, 3.8) is 0 Å². The molecule has 0 bridgehead atoms. The lowest BCUT2D eigenvalue weighted by atomic mass is 10.1. The van der Waals surface area contributed by atoms with Crippen LogP contribution in [0.2, 0.25) is 0 Å². The van der Waals surface area contributed by atoms with Gasteiger partial charge in [-0.05, 0) is 50.5 Å². The van der Waals surface area contributed by atoms with E-state index in [0.29, 0.717) is 0 Å². The second-order valence-electron chi connectivity index (χ2n) is 5.84. The van der Waals surface area contributed by atoms with Crippen LogP contribution >= 0.6 is 0 Å². The van der Waals surface area contributed by atoms with Crippen molar-refractivity contribution in [3.8, 4) is 0 Å². The van der Waals surface area contributed by atoms with Gasteiger partial charge in [-0.25, -0.2) is 13.4 Å². The zero-order valence-electron chi connectivity index (χ0n) is 13.8. The van der Waals surface area contributed by atoms with Crippen LogP contribution in [-0.2, 0) is 16.3 Å². The molecular weight excluding hydrogens is 308 g/mol. The van der Waals surface area contributed by atoms with Crippen LogP contribution in [0.3, 0.4) is 0 Å². The quantitative estimate of drug-likeness (QED) is 0.690. The Bertz CT molecular complexity index is 984. The van der Waals surface area contributed by atoms with Crippen LogP contribution in [0.1, 0.15) is 29.3 Å². The molecule has 0 aliphatic carbocycles. The van der Waals surface area contributed by atoms with Crippen LogP contribution in [0.15, 0.2) is 46.6 Å². The van der Waals surface area contributed by atoms with Gasteiger partial charge in [0.25, 0.3) is 0 Å². The number of nitrogens with zero attached hydrogens (tertiary/aromatic N) is 2. The van der Waals surface area contributed by atoms with Crippen molar-refractivity contribution >= 4 is 15.4 Å². The molecule has 0 aliphatic rings. The summed E-state index contributed by atoms with van der Waals surface area (Å²) in [6.45, 7) is 8.10. The molecule has 5 heteroatoms. The molecule has 0 spiro atoms. The molecule has 1 aromatic carbocycles. The highest BCUT2D eigenvalue weighted by atomic mass is 32.2. The van der Waals surface area contributed by atoms with Crippen molar-refractivity contribution in [2.45, 2.75) is 44.0 Å². The smallest absolute Gasteiger partial charge is 0.223 e. The summed E-state index contributed by atoms with van der Waals surface area (Å²) >= 11 is 0. The van der Waals surface area contributed by atoms with E-state index in [1.165, 1.54) is 5.56 Å². The maximum Gasteiger partial charge on any atom is 0.223 e. The molecule has 0 N–H and O–H groups in total. The van der Waals surface area contributed by atoms with Gasteiger partial charge in [-0.15, -0.1) is 0 Å². The number of sulfone groups is 1. The van der Waals surface area contributed by atoms with Crippen LogP contribution in [0, 0.1) is 20.8 Å². The van der Waals surface area contributed by atoms with Crippen LogP contribution in [0.5, 0.6) is 0 Å². The Hall–Kier alpha value is -2.14. The lowest BCUT2D eigenvalue weighted by molar-refractivity contribution is 0.592. The molecule has 0 saturated carbocycles. The SMILES string of the molecule is CCc1c(C)c2cc(S(=O)(=O)c3ccc(C)cc3)ncn2c1C. The summed E-state index contributed by atoms with van der Waals surface area (Å²) in [5.41, 5.74) is 5.41. The van der Waals surface area contributed by atoms with E-state index in [1.807, 2.05) is 25.2 Å². The molecule has 0 unspecified atom stereocenters. The fraction of sp³-hybridized carbons (Fsp3) is 0.278. The summed E-state index contributed by atoms with van der Waals surface area (Å²) in [4.78, 5) is 4.48. The van der Waals surface area contributed by atoms with E-state index in [1.54, 1.807) is 36.7 Å². The number of aryl methyl sites for hydroxylation is 3. The first-order chi connectivity index (χ1) is 10.9. The Balaban J connectivity index is 2.20. The molecule has 0 saturated heterocycles. The Morgan fingerprint density at radius 3 is 2.35 bits per heavy atom. The fourth-order valence-corrected chi connectivity index (χ4v) is 4.22. The Kier molecular flexibility index (Phi) is 3.76. The van der Waals surface area contributed by atoms with Gasteiger partial charge in [0.05, 0.1) is 10.4 Å². The van der Waals surface area contributed by atoms with Gasteiger partial charge in [0.15, 0.2) is 5.03 Å². The first kappa shape index (κ1) is 15.7. The Labute approximate surface area is 136 Å². The van der Waals surface area contributed by atoms with Crippen molar-refractivity contribution in [2.24, 2.45) is 0 Å². The summed E-state index contributed by atoms with van der Waals surface area (Å²) in [5, 5.41) is 0.0945. The molecule has 120 valence electrons. The number of rotatable bonds is 3. The number of hydrogen-bond acceptors (Lipinski definition) is 3. The van der Waals surface area contributed by atoms with Crippen molar-refractivity contribution in [1.29, 1.82) is 0 Å². The van der Waals surface area contributed by atoms with Gasteiger partial charge in [-0.3, -0.25) is 0 Å². The second-order valence-corrected chi connectivity index (χ2v) is 7.74. The van der Waals surface area contributed by atoms with Gasteiger partial charge in [0.1, 0.15) is 6.33 Å². The third-order valence-corrected chi connectivity index (χ3v) is 6.08. The predicted molar refractivity (Wildman–Crippen MR) is 90.7 cm³/mol. The van der Waals surface area contributed by atoms with E-state index in [0.717, 1.165) is 28.8 Å². The summed E-state index contributed by atoms with van der Waals surface area (Å²) in [5.74, 6) is 0. The lowest BCUT2D eigenvalue weighted by Crippen LogP contribution is -2.06. The zero-order valence-corrected chi connectivity index (χ0v) is 14.6. The molecule has 4 nitrogen and oxygen atoms in total. The zero-order chi connectivity index (χ0) is 16.8. The minimum absolute atomic E-state index is 0.0945. The number of aromatic nitrogens is 2. The topological polar surface area (TPSA) is 51.4 Å². The summed E-state index contributed by atoms with van der Waals surface area (Å²) in [7, 11) is -3.60. The minimum Gasteiger partial charge on any atom is -0.304 e. The second kappa shape index (κ2) is 5.49. The molecule has 0 fully saturated rings. The largest absolute Gasteiger partial charge is 0.304 e. The van der Waals surface area contributed by atoms with Crippen LogP contribution < -0.4 is 0 Å². The van der Waals surface area contributed by atoms with E-state index < -0.39 is 9.84 Å². The number of hydrogen-bond donors (Lipinski definition) is 0. The van der Waals surface area contributed by atoms with Crippen LogP contribution in [0.25, 0.3) is 5.52 Å². The van der Waals surface area contributed by atoms with Crippen LogP contribution in [0.4, 0.5) is 0 Å². The first-order valence-electron chi connectivity index (χ1n) is 7.64. The van der Waals surface area contributed by atoms with E-state index in [9.17, 15) is 8.42 Å². The average molecular weight is 328 g/mol.